The van der Waals surface area contributed by atoms with Gasteiger partial charge in [-0.3, -0.25) is 0 Å². The fourth-order valence-electron chi connectivity index (χ4n) is 5.25. The molecule has 0 aliphatic heterocycles. The van der Waals surface area contributed by atoms with Crippen LogP contribution in [0.1, 0.15) is 33.4 Å². The van der Waals surface area contributed by atoms with E-state index in [0.29, 0.717) is 0 Å². The van der Waals surface area contributed by atoms with Gasteiger partial charge in [-0.25, -0.2) is 0 Å². The van der Waals surface area contributed by atoms with Gasteiger partial charge in [0.05, 0.1) is 8.07 Å². The quantitative estimate of drug-likeness (QED) is 0.250. The van der Waals surface area contributed by atoms with E-state index in [1.165, 1.54) is 54.9 Å². The third-order valence-electron chi connectivity index (χ3n) is 6.83. The summed E-state index contributed by atoms with van der Waals surface area (Å²) < 4.78 is 0. The maximum Gasteiger partial charge on any atom is 2.00 e. The van der Waals surface area contributed by atoms with Gasteiger partial charge < -0.3 is 0 Å². The van der Waals surface area contributed by atoms with Crippen molar-refractivity contribution in [2.45, 2.75) is 54.6 Å². The number of rotatable bonds is 2. The Balaban J connectivity index is 0.00000225. The summed E-state index contributed by atoms with van der Waals surface area (Å²) in [5, 5.41) is 9.05. The normalized spacial score (nSPS) is 12.0. The summed E-state index contributed by atoms with van der Waals surface area (Å²) in [4.78, 5) is 0. The van der Waals surface area contributed by atoms with Crippen LogP contribution in [-0.2, 0) is 26.2 Å². The zero-order chi connectivity index (χ0) is 19.7. The van der Waals surface area contributed by atoms with Crippen molar-refractivity contribution in [3.63, 3.8) is 0 Å². The van der Waals surface area contributed by atoms with Crippen molar-refractivity contribution in [2.24, 2.45) is 0 Å². The molecule has 0 heterocycles. The second-order valence-electron chi connectivity index (χ2n) is 8.97. The van der Waals surface area contributed by atoms with Gasteiger partial charge in [0.25, 0.3) is 0 Å². The number of fused-ring (bicyclic) bond motifs is 2. The standard InChI is InChI=1S/C26H30Si.Zr/c1-15-9-11-17(3)25-19(5)23(13-21(15)25)27(7,8)24-14-22-16(2)10-12-18(4)26(22)20(24)6;/h9-14H,1-8H3;/q-2;+2. The first kappa shape index (κ1) is 21.5. The molecule has 142 valence electrons. The summed E-state index contributed by atoms with van der Waals surface area (Å²) in [7, 11) is -1.80. The Morgan fingerprint density at radius 3 is 1.21 bits per heavy atom. The molecule has 28 heavy (non-hydrogen) atoms. The van der Waals surface area contributed by atoms with Crippen LogP contribution in [0.2, 0.25) is 13.1 Å². The van der Waals surface area contributed by atoms with E-state index in [9.17, 15) is 0 Å². The van der Waals surface area contributed by atoms with E-state index >= 15 is 0 Å². The van der Waals surface area contributed by atoms with Crippen LogP contribution in [0.15, 0.2) is 36.4 Å². The summed E-state index contributed by atoms with van der Waals surface area (Å²) in [6, 6.07) is 14.1. The van der Waals surface area contributed by atoms with Crippen molar-refractivity contribution in [3.8, 4) is 0 Å². The minimum atomic E-state index is -1.80. The maximum absolute atomic E-state index is 2.53. The van der Waals surface area contributed by atoms with E-state index in [-0.39, 0.29) is 26.2 Å². The molecular formula is C26H30SiZr. The molecule has 0 saturated heterocycles. The van der Waals surface area contributed by atoms with Crippen molar-refractivity contribution >= 4 is 40.0 Å². The van der Waals surface area contributed by atoms with Gasteiger partial charge in [-0.15, -0.1) is 67.3 Å². The van der Waals surface area contributed by atoms with Gasteiger partial charge in [-0.05, 0) is 13.8 Å². The molecule has 4 aromatic rings. The summed E-state index contributed by atoms with van der Waals surface area (Å²) in [6.07, 6.45) is 0. The van der Waals surface area contributed by atoms with Crippen molar-refractivity contribution in [3.05, 3.63) is 69.8 Å². The fourth-order valence-corrected chi connectivity index (χ4v) is 8.68. The van der Waals surface area contributed by atoms with Crippen LogP contribution in [0.5, 0.6) is 0 Å². The molecule has 0 nitrogen and oxygen atoms in total. The second-order valence-corrected chi connectivity index (χ2v) is 13.3. The van der Waals surface area contributed by atoms with Crippen molar-refractivity contribution in [1.29, 1.82) is 0 Å². The van der Waals surface area contributed by atoms with Crippen LogP contribution >= 0.6 is 0 Å². The van der Waals surface area contributed by atoms with Crippen molar-refractivity contribution in [2.75, 3.05) is 0 Å². The number of aryl methyl sites for hydroxylation is 6. The molecule has 0 radical (unpaired) electrons. The topological polar surface area (TPSA) is 0 Å². The first-order valence-electron chi connectivity index (χ1n) is 9.98. The van der Waals surface area contributed by atoms with Crippen LogP contribution in [0.3, 0.4) is 0 Å². The van der Waals surface area contributed by atoms with Gasteiger partial charge in [0, 0.05) is 0 Å². The third kappa shape index (κ3) is 2.96. The molecule has 0 aliphatic carbocycles. The minimum absolute atomic E-state index is 0. The number of hydrogen-bond donors (Lipinski definition) is 0. The molecule has 0 atom stereocenters. The van der Waals surface area contributed by atoms with Gasteiger partial charge >= 0.3 is 26.2 Å². The summed E-state index contributed by atoms with van der Waals surface area (Å²) in [5.41, 5.74) is 8.60. The van der Waals surface area contributed by atoms with Gasteiger partial charge in [0.15, 0.2) is 0 Å². The second kappa shape index (κ2) is 7.22. The molecule has 4 rings (SSSR count). The first-order chi connectivity index (χ1) is 12.6. The molecule has 0 amide bonds. The number of benzene rings is 2. The Bertz CT molecular complexity index is 1110. The largest absolute Gasteiger partial charge is 2.00 e. The molecule has 0 unspecified atom stereocenters. The predicted octanol–water partition coefficient (Wildman–Crippen LogP) is 6.10. The van der Waals surface area contributed by atoms with E-state index in [1.807, 2.05) is 0 Å². The Morgan fingerprint density at radius 2 is 0.893 bits per heavy atom. The van der Waals surface area contributed by atoms with Crippen LogP contribution < -0.4 is 10.4 Å². The van der Waals surface area contributed by atoms with Gasteiger partial charge in [-0.2, -0.15) is 11.1 Å². The Labute approximate surface area is 189 Å². The van der Waals surface area contributed by atoms with Crippen LogP contribution in [-0.4, -0.2) is 8.07 Å². The molecule has 0 aliphatic rings. The van der Waals surface area contributed by atoms with E-state index in [2.05, 4.69) is 91.0 Å². The summed E-state index contributed by atoms with van der Waals surface area (Å²) >= 11 is 0. The molecule has 0 saturated carbocycles. The summed E-state index contributed by atoms with van der Waals surface area (Å²) in [6.45, 7) is 18.7. The van der Waals surface area contributed by atoms with Crippen molar-refractivity contribution < 1.29 is 26.2 Å². The molecule has 0 spiro atoms. The van der Waals surface area contributed by atoms with E-state index in [4.69, 9.17) is 0 Å². The zero-order valence-corrected chi connectivity index (χ0v) is 21.9. The SMILES string of the molecule is Cc1ccc(C)c2c(C)c([Si](C)(C)c3[cH-]c4c(C)ccc(C)c4c3C)[cH-]c12.[Zr+2]. The molecule has 4 aromatic carbocycles. The van der Waals surface area contributed by atoms with E-state index in [1.54, 1.807) is 10.4 Å². The molecule has 0 bridgehead atoms. The molecule has 0 aromatic heterocycles. The Kier molecular flexibility index (Phi) is 5.54. The predicted molar refractivity (Wildman–Crippen MR) is 124 cm³/mol. The average Bonchev–Trinajstić information content (AvgIpc) is 3.15. The van der Waals surface area contributed by atoms with Gasteiger partial charge in [-0.1, -0.05) is 64.0 Å². The monoisotopic (exact) mass is 460 g/mol. The van der Waals surface area contributed by atoms with E-state index in [0.717, 1.165) is 0 Å². The molecule has 0 N–H and O–H groups in total. The molecular weight excluding hydrogens is 432 g/mol. The molecule has 2 heteroatoms. The smallest absolute Gasteiger partial charge is 0.156 e. The van der Waals surface area contributed by atoms with Gasteiger partial charge in [0.1, 0.15) is 0 Å². The Hall–Kier alpha value is -1.24. The Morgan fingerprint density at radius 1 is 0.571 bits per heavy atom. The van der Waals surface area contributed by atoms with Crippen LogP contribution in [0, 0.1) is 41.5 Å². The molecule has 0 fully saturated rings. The van der Waals surface area contributed by atoms with Crippen LogP contribution in [0.25, 0.3) is 21.5 Å². The van der Waals surface area contributed by atoms with Gasteiger partial charge in [0.2, 0.25) is 0 Å². The zero-order valence-electron chi connectivity index (χ0n) is 18.5. The first-order valence-corrected chi connectivity index (χ1v) is 13.0. The summed E-state index contributed by atoms with van der Waals surface area (Å²) in [5.74, 6) is 0. The number of hydrogen-bond acceptors (Lipinski definition) is 0. The van der Waals surface area contributed by atoms with Crippen molar-refractivity contribution in [1.82, 2.24) is 0 Å². The fraction of sp³-hybridized carbons (Fsp3) is 0.308. The maximum atomic E-state index is 2.53. The third-order valence-corrected chi connectivity index (χ3v) is 10.6. The average molecular weight is 462 g/mol. The van der Waals surface area contributed by atoms with Crippen LogP contribution in [0.4, 0.5) is 0 Å². The minimum Gasteiger partial charge on any atom is -0.156 e. The van der Waals surface area contributed by atoms with E-state index < -0.39 is 8.07 Å².